The Morgan fingerprint density at radius 1 is 1.24 bits per heavy atom. The number of ether oxygens (including phenoxy) is 1. The molecule has 29 heavy (non-hydrogen) atoms. The molecule has 0 saturated carbocycles. The SMILES string of the molecule is O=C1CC(C(F)(F)F)N(C(=O)COC(=O)c2ccc(Cl)nc2)c2ccccc2N1. The molecule has 0 bridgehead atoms. The van der Waals surface area contributed by atoms with Crippen LogP contribution in [-0.4, -0.2) is 41.6 Å². The molecule has 1 N–H and O–H groups in total. The minimum Gasteiger partial charge on any atom is -0.452 e. The molecule has 0 radical (unpaired) electrons. The molecule has 1 aromatic carbocycles. The summed E-state index contributed by atoms with van der Waals surface area (Å²) in [4.78, 5) is 40.7. The molecule has 2 heterocycles. The molecule has 0 spiro atoms. The predicted molar refractivity (Wildman–Crippen MR) is 96.5 cm³/mol. The molecule has 0 saturated heterocycles. The molecule has 2 aromatic rings. The third kappa shape index (κ3) is 4.65. The van der Waals surface area contributed by atoms with Crippen LogP contribution >= 0.6 is 11.6 Å². The molecular weight excluding hydrogens is 415 g/mol. The number of carbonyl (C=O) groups is 3. The van der Waals surface area contributed by atoms with Gasteiger partial charge in [-0.3, -0.25) is 14.5 Å². The standard InChI is InChI=1S/C18H13ClF3N3O4/c19-14-6-5-10(8-23-14)17(28)29-9-16(27)25-12-4-2-1-3-11(12)24-15(26)7-13(25)18(20,21)22/h1-6,8,13H,7,9H2,(H,24,26). The van der Waals surface area contributed by atoms with Gasteiger partial charge in [-0.25, -0.2) is 9.78 Å². The number of hydrogen-bond donors (Lipinski definition) is 1. The van der Waals surface area contributed by atoms with Gasteiger partial charge in [0.1, 0.15) is 11.2 Å². The first-order chi connectivity index (χ1) is 13.7. The van der Waals surface area contributed by atoms with E-state index in [2.05, 4.69) is 10.3 Å². The van der Waals surface area contributed by atoms with Crippen molar-refractivity contribution in [2.45, 2.75) is 18.6 Å². The first-order valence-corrected chi connectivity index (χ1v) is 8.61. The fourth-order valence-electron chi connectivity index (χ4n) is 2.77. The molecule has 2 amide bonds. The second-order valence-corrected chi connectivity index (χ2v) is 6.42. The Morgan fingerprint density at radius 3 is 2.62 bits per heavy atom. The smallest absolute Gasteiger partial charge is 0.409 e. The molecule has 0 aliphatic carbocycles. The van der Waals surface area contributed by atoms with Gasteiger partial charge in [-0.1, -0.05) is 23.7 Å². The fourth-order valence-corrected chi connectivity index (χ4v) is 2.88. The highest BCUT2D eigenvalue weighted by molar-refractivity contribution is 6.29. The number of fused-ring (bicyclic) bond motifs is 1. The molecule has 11 heteroatoms. The van der Waals surface area contributed by atoms with Crippen LogP contribution in [0.5, 0.6) is 0 Å². The Balaban J connectivity index is 1.86. The maximum absolute atomic E-state index is 13.6. The van der Waals surface area contributed by atoms with Gasteiger partial charge in [-0.15, -0.1) is 0 Å². The lowest BCUT2D eigenvalue weighted by Gasteiger charge is -2.31. The number of aromatic nitrogens is 1. The Bertz CT molecular complexity index is 950. The van der Waals surface area contributed by atoms with E-state index in [1.165, 1.54) is 36.4 Å². The van der Waals surface area contributed by atoms with Gasteiger partial charge in [0.25, 0.3) is 5.91 Å². The lowest BCUT2D eigenvalue weighted by Crippen LogP contribution is -2.51. The summed E-state index contributed by atoms with van der Waals surface area (Å²) in [6.07, 6.45) is -4.76. The van der Waals surface area contributed by atoms with E-state index in [1.54, 1.807) is 0 Å². The molecule has 1 aromatic heterocycles. The van der Waals surface area contributed by atoms with Crippen LogP contribution in [0.15, 0.2) is 42.6 Å². The van der Waals surface area contributed by atoms with E-state index in [4.69, 9.17) is 16.3 Å². The number of nitrogens with zero attached hydrogens (tertiary/aromatic N) is 2. The van der Waals surface area contributed by atoms with E-state index in [0.29, 0.717) is 4.90 Å². The van der Waals surface area contributed by atoms with E-state index in [-0.39, 0.29) is 22.1 Å². The van der Waals surface area contributed by atoms with Crippen LogP contribution in [0, 0.1) is 0 Å². The van der Waals surface area contributed by atoms with Crippen LogP contribution in [0.1, 0.15) is 16.8 Å². The number of esters is 1. The highest BCUT2D eigenvalue weighted by Gasteiger charge is 2.49. The minimum atomic E-state index is -4.88. The fraction of sp³-hybridized carbons (Fsp3) is 0.222. The average Bonchev–Trinajstić information content (AvgIpc) is 2.82. The second kappa shape index (κ2) is 8.08. The first kappa shape index (κ1) is 20.6. The van der Waals surface area contributed by atoms with Gasteiger partial charge in [-0.2, -0.15) is 13.2 Å². The normalized spacial score (nSPS) is 16.5. The van der Waals surface area contributed by atoms with Crippen LogP contribution in [0.25, 0.3) is 0 Å². The number of nitrogens with one attached hydrogen (secondary N) is 1. The Hall–Kier alpha value is -3.14. The molecule has 0 fully saturated rings. The molecule has 3 rings (SSSR count). The third-order valence-electron chi connectivity index (χ3n) is 4.06. The van der Waals surface area contributed by atoms with E-state index in [9.17, 15) is 27.6 Å². The first-order valence-electron chi connectivity index (χ1n) is 8.23. The zero-order chi connectivity index (χ0) is 21.2. The molecule has 1 unspecified atom stereocenters. The highest BCUT2D eigenvalue weighted by atomic mass is 35.5. The summed E-state index contributed by atoms with van der Waals surface area (Å²) in [5.41, 5.74) is -0.122. The van der Waals surface area contributed by atoms with Crippen molar-refractivity contribution in [1.29, 1.82) is 0 Å². The number of alkyl halides is 3. The largest absolute Gasteiger partial charge is 0.452 e. The van der Waals surface area contributed by atoms with Crippen molar-refractivity contribution in [2.75, 3.05) is 16.8 Å². The van der Waals surface area contributed by atoms with Gasteiger partial charge in [-0.05, 0) is 24.3 Å². The van der Waals surface area contributed by atoms with Gasteiger partial charge < -0.3 is 10.1 Å². The number of pyridine rings is 1. The Labute approximate surface area is 167 Å². The topological polar surface area (TPSA) is 88.6 Å². The van der Waals surface area contributed by atoms with Crippen LogP contribution < -0.4 is 10.2 Å². The molecule has 152 valence electrons. The third-order valence-corrected chi connectivity index (χ3v) is 4.29. The van der Waals surface area contributed by atoms with Gasteiger partial charge in [0.05, 0.1) is 23.4 Å². The van der Waals surface area contributed by atoms with Gasteiger partial charge in [0.15, 0.2) is 6.61 Å². The zero-order valence-corrected chi connectivity index (χ0v) is 15.3. The lowest BCUT2D eigenvalue weighted by atomic mass is 10.1. The number of anilines is 2. The number of halogens is 4. The van der Waals surface area contributed by atoms with Crippen LogP contribution in [0.4, 0.5) is 24.5 Å². The summed E-state index contributed by atoms with van der Waals surface area (Å²) < 4.78 is 45.6. The van der Waals surface area contributed by atoms with Crippen LogP contribution in [-0.2, 0) is 14.3 Å². The summed E-state index contributed by atoms with van der Waals surface area (Å²) in [6, 6.07) is 5.78. The van der Waals surface area contributed by atoms with Crippen molar-refractivity contribution in [1.82, 2.24) is 4.98 Å². The van der Waals surface area contributed by atoms with Crippen molar-refractivity contribution in [2.24, 2.45) is 0 Å². The van der Waals surface area contributed by atoms with Crippen molar-refractivity contribution in [3.63, 3.8) is 0 Å². The summed E-state index contributed by atoms with van der Waals surface area (Å²) >= 11 is 5.62. The van der Waals surface area contributed by atoms with Crippen molar-refractivity contribution in [3.8, 4) is 0 Å². The summed E-state index contributed by atoms with van der Waals surface area (Å²) in [5, 5.41) is 2.47. The van der Waals surface area contributed by atoms with Crippen molar-refractivity contribution >= 4 is 40.8 Å². The molecule has 1 aliphatic heterocycles. The second-order valence-electron chi connectivity index (χ2n) is 6.04. The summed E-state index contributed by atoms with van der Waals surface area (Å²) in [5.74, 6) is -2.98. The van der Waals surface area contributed by atoms with E-state index in [1.807, 2.05) is 0 Å². The van der Waals surface area contributed by atoms with Gasteiger partial charge >= 0.3 is 12.1 Å². The average molecular weight is 428 g/mol. The number of benzene rings is 1. The van der Waals surface area contributed by atoms with E-state index >= 15 is 0 Å². The number of carbonyl (C=O) groups excluding carboxylic acids is 3. The zero-order valence-electron chi connectivity index (χ0n) is 14.6. The number of hydrogen-bond acceptors (Lipinski definition) is 5. The van der Waals surface area contributed by atoms with Crippen LogP contribution in [0.2, 0.25) is 5.15 Å². The van der Waals surface area contributed by atoms with Gasteiger partial charge in [0, 0.05) is 6.20 Å². The van der Waals surface area contributed by atoms with E-state index < -0.39 is 43.0 Å². The molecule has 7 nitrogen and oxygen atoms in total. The molecule has 1 aliphatic rings. The van der Waals surface area contributed by atoms with Crippen molar-refractivity contribution in [3.05, 3.63) is 53.3 Å². The Kier molecular flexibility index (Phi) is 5.73. The minimum absolute atomic E-state index is 0.0253. The van der Waals surface area contributed by atoms with Crippen molar-refractivity contribution < 1.29 is 32.3 Å². The van der Waals surface area contributed by atoms with Crippen LogP contribution in [0.3, 0.4) is 0 Å². The quantitative estimate of drug-likeness (QED) is 0.600. The lowest BCUT2D eigenvalue weighted by molar-refractivity contribution is -0.158. The van der Waals surface area contributed by atoms with E-state index in [0.717, 1.165) is 6.20 Å². The Morgan fingerprint density at radius 2 is 1.97 bits per heavy atom. The molecule has 1 atom stereocenters. The number of amides is 2. The monoisotopic (exact) mass is 427 g/mol. The maximum atomic E-state index is 13.6. The van der Waals surface area contributed by atoms with Gasteiger partial charge in [0.2, 0.25) is 5.91 Å². The number of para-hydroxylation sites is 2. The highest BCUT2D eigenvalue weighted by Crippen LogP contribution is 2.37. The predicted octanol–water partition coefficient (Wildman–Crippen LogP) is 3.20. The summed E-state index contributed by atoms with van der Waals surface area (Å²) in [7, 11) is 0. The maximum Gasteiger partial charge on any atom is 0.409 e. The number of rotatable bonds is 3. The molecular formula is C18H13ClF3N3O4. The summed E-state index contributed by atoms with van der Waals surface area (Å²) in [6.45, 7) is -0.962.